The second kappa shape index (κ2) is 4.90. The molecule has 0 aromatic carbocycles. The Kier molecular flexibility index (Phi) is 5.01. The van der Waals surface area contributed by atoms with Crippen LogP contribution in [0.2, 0.25) is 0 Å². The highest BCUT2D eigenvalue weighted by atomic mass is 32.2. The van der Waals surface area contributed by atoms with Crippen molar-refractivity contribution in [1.82, 2.24) is 0 Å². The fourth-order valence-electron chi connectivity index (χ4n) is 0.607. The Hall–Kier alpha value is 0.320. The lowest BCUT2D eigenvalue weighted by molar-refractivity contribution is -0.109. The van der Waals surface area contributed by atoms with E-state index in [1.807, 2.05) is 0 Å². The van der Waals surface area contributed by atoms with Crippen LogP contribution < -0.4 is 0 Å². The van der Waals surface area contributed by atoms with Gasteiger partial charge in [0.1, 0.15) is 4.99 Å². The average molecular weight is 264 g/mol. The molecule has 0 aliphatic carbocycles. The molecule has 1 atom stereocenters. The van der Waals surface area contributed by atoms with Crippen molar-refractivity contribution in [3.8, 4) is 0 Å². The Morgan fingerprint density at radius 1 is 1.29 bits per heavy atom. The van der Waals surface area contributed by atoms with Crippen LogP contribution in [0.3, 0.4) is 0 Å². The van der Waals surface area contributed by atoms with Crippen molar-refractivity contribution in [3.63, 3.8) is 0 Å². The van der Waals surface area contributed by atoms with Crippen LogP contribution in [0.15, 0.2) is 0 Å². The summed E-state index contributed by atoms with van der Waals surface area (Å²) in [6, 6.07) is 0. The van der Waals surface area contributed by atoms with Crippen LogP contribution in [0.25, 0.3) is 0 Å². The molecule has 4 N–H and O–H groups in total. The van der Waals surface area contributed by atoms with Crippen molar-refractivity contribution in [3.05, 3.63) is 0 Å². The quantitative estimate of drug-likeness (QED) is 0.519. The van der Waals surface area contributed by atoms with E-state index in [1.54, 1.807) is 0 Å². The van der Waals surface area contributed by atoms with Crippen LogP contribution in [0, 0.1) is 0 Å². The molecule has 10 heteroatoms. The molecule has 14 heavy (non-hydrogen) atoms. The highest BCUT2D eigenvalue weighted by molar-refractivity contribution is 8.18. The van der Waals surface area contributed by atoms with Crippen molar-refractivity contribution >= 4 is 32.1 Å². The maximum absolute atomic E-state index is 10.7. The Morgan fingerprint density at radius 3 is 1.93 bits per heavy atom. The van der Waals surface area contributed by atoms with Gasteiger partial charge in [0, 0.05) is 6.92 Å². The van der Waals surface area contributed by atoms with Gasteiger partial charge in [0.05, 0.1) is 6.16 Å². The molecule has 0 saturated carbocycles. The first-order chi connectivity index (χ1) is 6.02. The number of thioether (sulfide) groups is 1. The zero-order valence-corrected chi connectivity index (χ0v) is 9.71. The van der Waals surface area contributed by atoms with E-state index in [2.05, 4.69) is 0 Å². The van der Waals surface area contributed by atoms with Crippen molar-refractivity contribution in [2.75, 3.05) is 6.16 Å². The van der Waals surface area contributed by atoms with Crippen LogP contribution in [0.4, 0.5) is 0 Å². The Balaban J connectivity index is 4.67. The molecule has 0 aromatic heterocycles. The van der Waals surface area contributed by atoms with Gasteiger partial charge in [-0.1, -0.05) is 11.8 Å². The number of carbonyl (C=O) groups excluding carboxylic acids is 1. The summed E-state index contributed by atoms with van der Waals surface area (Å²) in [6.45, 7) is 1.06. The first-order valence-corrected chi connectivity index (χ1v) is 7.65. The molecule has 0 heterocycles. The zero-order valence-electron chi connectivity index (χ0n) is 7.10. The third-order valence-corrected chi connectivity index (χ3v) is 5.29. The molecule has 0 aliphatic heterocycles. The molecular formula is C4H10O7P2S. The predicted octanol–water partition coefficient (Wildman–Crippen LogP) is -0.0524. The topological polar surface area (TPSA) is 132 Å². The molecule has 84 valence electrons. The predicted molar refractivity (Wildman–Crippen MR) is 51.0 cm³/mol. The maximum atomic E-state index is 10.7. The number of rotatable bonds is 4. The molecule has 0 radical (unpaired) electrons. The molecule has 0 rings (SSSR count). The lowest BCUT2D eigenvalue weighted by Crippen LogP contribution is -2.12. The molecule has 0 saturated heterocycles. The summed E-state index contributed by atoms with van der Waals surface area (Å²) in [5.41, 5.74) is 0. The van der Waals surface area contributed by atoms with Crippen LogP contribution in [0.1, 0.15) is 6.92 Å². The highest BCUT2D eigenvalue weighted by Gasteiger charge is 2.36. The summed E-state index contributed by atoms with van der Waals surface area (Å²) in [4.78, 5) is 43.3. The van der Waals surface area contributed by atoms with Crippen molar-refractivity contribution < 1.29 is 33.5 Å². The van der Waals surface area contributed by atoms with E-state index in [-0.39, 0.29) is 11.8 Å². The summed E-state index contributed by atoms with van der Waals surface area (Å²) in [6.07, 6.45) is -1.01. The SMILES string of the molecule is CC(=O)SC(CP(=O)(O)O)P(=O)(O)O. The lowest BCUT2D eigenvalue weighted by Gasteiger charge is -2.16. The minimum Gasteiger partial charge on any atom is -0.324 e. The smallest absolute Gasteiger partial charge is 0.324 e. The van der Waals surface area contributed by atoms with Crippen LogP contribution in [-0.4, -0.2) is 35.8 Å². The minimum atomic E-state index is -4.68. The normalized spacial score (nSPS) is 15.2. The van der Waals surface area contributed by atoms with E-state index in [1.165, 1.54) is 0 Å². The molecular weight excluding hydrogens is 254 g/mol. The lowest BCUT2D eigenvalue weighted by atomic mass is 10.9. The maximum Gasteiger partial charge on any atom is 0.339 e. The van der Waals surface area contributed by atoms with Gasteiger partial charge in [-0.05, 0) is 0 Å². The molecule has 0 aromatic rings. The first-order valence-electron chi connectivity index (χ1n) is 3.29. The fraction of sp³-hybridized carbons (Fsp3) is 0.750. The molecule has 1 unspecified atom stereocenters. The van der Waals surface area contributed by atoms with Crippen molar-refractivity contribution in [1.29, 1.82) is 0 Å². The molecule has 0 fully saturated rings. The van der Waals surface area contributed by atoms with Gasteiger partial charge in [0.15, 0.2) is 5.12 Å². The molecule has 0 spiro atoms. The summed E-state index contributed by atoms with van der Waals surface area (Å²) >= 11 is 0.239. The second-order valence-corrected chi connectivity index (χ2v) is 7.73. The molecule has 0 bridgehead atoms. The summed E-state index contributed by atoms with van der Waals surface area (Å²) in [5, 5.41) is -0.605. The Bertz CT molecular complexity index is 303. The van der Waals surface area contributed by atoms with E-state index in [9.17, 15) is 13.9 Å². The van der Waals surface area contributed by atoms with Gasteiger partial charge in [0.25, 0.3) is 0 Å². The Morgan fingerprint density at radius 2 is 1.71 bits per heavy atom. The summed E-state index contributed by atoms with van der Waals surface area (Å²) in [5.74, 6) is 0. The van der Waals surface area contributed by atoms with E-state index >= 15 is 0 Å². The van der Waals surface area contributed by atoms with Crippen LogP contribution in [0.5, 0.6) is 0 Å². The first kappa shape index (κ1) is 14.3. The van der Waals surface area contributed by atoms with Gasteiger partial charge in [0.2, 0.25) is 0 Å². The number of carbonyl (C=O) groups is 1. The van der Waals surface area contributed by atoms with Crippen molar-refractivity contribution in [2.24, 2.45) is 0 Å². The number of hydrogen-bond donors (Lipinski definition) is 4. The van der Waals surface area contributed by atoms with E-state index in [0.29, 0.717) is 0 Å². The van der Waals surface area contributed by atoms with Crippen LogP contribution in [-0.2, 0) is 13.9 Å². The van der Waals surface area contributed by atoms with Gasteiger partial charge in [-0.2, -0.15) is 0 Å². The largest absolute Gasteiger partial charge is 0.339 e. The van der Waals surface area contributed by atoms with Gasteiger partial charge >= 0.3 is 15.2 Å². The summed E-state index contributed by atoms with van der Waals surface area (Å²) in [7, 11) is -9.22. The van der Waals surface area contributed by atoms with Gasteiger partial charge in [-0.15, -0.1) is 0 Å². The monoisotopic (exact) mass is 264 g/mol. The zero-order chi connectivity index (χ0) is 11.6. The summed E-state index contributed by atoms with van der Waals surface area (Å²) < 4.78 is 21.2. The Labute approximate surface area is 84.2 Å². The highest BCUT2D eigenvalue weighted by Crippen LogP contribution is 2.53. The van der Waals surface area contributed by atoms with Gasteiger partial charge < -0.3 is 19.6 Å². The standard InChI is InChI=1S/C4H10O7P2S/c1-3(5)14-4(13(9,10)11)2-12(6,7)8/h4H,2H2,1H3,(H2,6,7,8)(H2,9,10,11). The van der Waals surface area contributed by atoms with E-state index < -0.39 is 31.5 Å². The minimum absolute atomic E-state index is 0.239. The third kappa shape index (κ3) is 6.73. The fourth-order valence-corrected chi connectivity index (χ4v) is 4.76. The van der Waals surface area contributed by atoms with Gasteiger partial charge in [-0.25, -0.2) is 0 Å². The second-order valence-electron chi connectivity index (χ2n) is 2.50. The average Bonchev–Trinajstić information content (AvgIpc) is 1.78. The van der Waals surface area contributed by atoms with E-state index in [0.717, 1.165) is 6.92 Å². The van der Waals surface area contributed by atoms with Crippen molar-refractivity contribution in [2.45, 2.75) is 11.9 Å². The van der Waals surface area contributed by atoms with Gasteiger partial charge in [-0.3, -0.25) is 13.9 Å². The molecule has 0 amide bonds. The van der Waals surface area contributed by atoms with Crippen LogP contribution >= 0.6 is 27.0 Å². The molecule has 0 aliphatic rings. The number of hydrogen-bond acceptors (Lipinski definition) is 4. The van der Waals surface area contributed by atoms with E-state index in [4.69, 9.17) is 19.6 Å². The third-order valence-electron chi connectivity index (χ3n) is 1.07. The molecule has 7 nitrogen and oxygen atoms in total.